The Hall–Kier alpha value is -3.15. The molecule has 1 fully saturated rings. The molecule has 144 valence electrons. The number of pyridine rings is 1. The smallest absolute Gasteiger partial charge is 0.248 e. The van der Waals surface area contributed by atoms with Crippen molar-refractivity contribution in [1.29, 1.82) is 0 Å². The molecule has 0 unspecified atom stereocenters. The summed E-state index contributed by atoms with van der Waals surface area (Å²) in [5, 5.41) is 0. The number of amides is 2. The van der Waals surface area contributed by atoms with Crippen molar-refractivity contribution in [2.24, 2.45) is 11.7 Å². The second-order valence-corrected chi connectivity index (χ2v) is 7.46. The molecule has 1 aliphatic rings. The lowest BCUT2D eigenvalue weighted by Gasteiger charge is -2.16. The highest BCUT2D eigenvalue weighted by molar-refractivity contribution is 5.92. The van der Waals surface area contributed by atoms with Crippen molar-refractivity contribution >= 4 is 17.5 Å². The van der Waals surface area contributed by atoms with Crippen LogP contribution in [0.1, 0.15) is 34.5 Å². The SMILES string of the molecule is NC(=O)c1cccc(C[C@@H]2CCN(C(=O)CCc3cn4ccccc4n3)C2)c1. The minimum atomic E-state index is -0.406. The molecule has 1 atom stereocenters. The number of imidazole rings is 1. The molecule has 28 heavy (non-hydrogen) atoms. The van der Waals surface area contributed by atoms with Crippen LogP contribution in [0, 0.1) is 5.92 Å². The molecule has 6 nitrogen and oxygen atoms in total. The van der Waals surface area contributed by atoms with Crippen molar-refractivity contribution in [3.05, 3.63) is 71.7 Å². The summed E-state index contributed by atoms with van der Waals surface area (Å²) in [7, 11) is 0. The van der Waals surface area contributed by atoms with Gasteiger partial charge in [0.2, 0.25) is 11.8 Å². The normalized spacial score (nSPS) is 16.6. The van der Waals surface area contributed by atoms with Crippen molar-refractivity contribution in [3.8, 4) is 0 Å². The highest BCUT2D eigenvalue weighted by Crippen LogP contribution is 2.22. The van der Waals surface area contributed by atoms with Crippen LogP contribution in [0.25, 0.3) is 5.65 Å². The van der Waals surface area contributed by atoms with E-state index in [9.17, 15) is 9.59 Å². The largest absolute Gasteiger partial charge is 0.366 e. The predicted molar refractivity (Wildman–Crippen MR) is 107 cm³/mol. The number of nitrogens with zero attached hydrogens (tertiary/aromatic N) is 3. The summed E-state index contributed by atoms with van der Waals surface area (Å²) >= 11 is 0. The third-order valence-electron chi connectivity index (χ3n) is 5.38. The first kappa shape index (κ1) is 18.2. The Balaban J connectivity index is 1.30. The van der Waals surface area contributed by atoms with Gasteiger partial charge in [-0.1, -0.05) is 18.2 Å². The van der Waals surface area contributed by atoms with Gasteiger partial charge in [0.25, 0.3) is 0 Å². The predicted octanol–water partition coefficient (Wildman–Crippen LogP) is 2.46. The zero-order chi connectivity index (χ0) is 19.5. The number of benzene rings is 1. The molecular formula is C22H24N4O2. The van der Waals surface area contributed by atoms with Gasteiger partial charge in [-0.3, -0.25) is 9.59 Å². The van der Waals surface area contributed by atoms with Crippen LogP contribution in [0.3, 0.4) is 0 Å². The van der Waals surface area contributed by atoms with Gasteiger partial charge in [-0.15, -0.1) is 0 Å². The van der Waals surface area contributed by atoms with Gasteiger partial charge in [0.1, 0.15) is 5.65 Å². The minimum Gasteiger partial charge on any atom is -0.366 e. The molecular weight excluding hydrogens is 352 g/mol. The maximum Gasteiger partial charge on any atom is 0.248 e. The summed E-state index contributed by atoms with van der Waals surface area (Å²) in [6, 6.07) is 13.4. The van der Waals surface area contributed by atoms with E-state index >= 15 is 0 Å². The third-order valence-corrected chi connectivity index (χ3v) is 5.38. The third kappa shape index (κ3) is 4.06. The van der Waals surface area contributed by atoms with Gasteiger partial charge >= 0.3 is 0 Å². The van der Waals surface area contributed by atoms with E-state index in [2.05, 4.69) is 4.98 Å². The van der Waals surface area contributed by atoms with E-state index in [1.165, 1.54) is 0 Å². The quantitative estimate of drug-likeness (QED) is 0.718. The maximum atomic E-state index is 12.6. The highest BCUT2D eigenvalue weighted by Gasteiger charge is 2.26. The molecule has 0 spiro atoms. The molecule has 0 bridgehead atoms. The van der Waals surface area contributed by atoms with Crippen molar-refractivity contribution < 1.29 is 9.59 Å². The summed E-state index contributed by atoms with van der Waals surface area (Å²) in [6.07, 6.45) is 6.93. The van der Waals surface area contributed by atoms with Gasteiger partial charge in [-0.2, -0.15) is 0 Å². The number of aryl methyl sites for hydroxylation is 1. The van der Waals surface area contributed by atoms with Crippen molar-refractivity contribution in [1.82, 2.24) is 14.3 Å². The van der Waals surface area contributed by atoms with Crippen LogP contribution >= 0.6 is 0 Å². The van der Waals surface area contributed by atoms with Crippen LogP contribution in [0.15, 0.2) is 54.9 Å². The summed E-state index contributed by atoms with van der Waals surface area (Å²) in [4.78, 5) is 30.5. The molecule has 1 aliphatic heterocycles. The lowest BCUT2D eigenvalue weighted by atomic mass is 9.97. The Morgan fingerprint density at radius 1 is 1.18 bits per heavy atom. The molecule has 6 heteroatoms. The zero-order valence-corrected chi connectivity index (χ0v) is 15.8. The molecule has 2 amide bonds. The molecule has 4 rings (SSSR count). The second kappa shape index (κ2) is 7.84. The Morgan fingerprint density at radius 3 is 2.89 bits per heavy atom. The van der Waals surface area contributed by atoms with Crippen LogP contribution in [0.2, 0.25) is 0 Å². The number of primary amides is 1. The monoisotopic (exact) mass is 376 g/mol. The van der Waals surface area contributed by atoms with Crippen LogP contribution < -0.4 is 5.73 Å². The Bertz CT molecular complexity index is 977. The number of fused-ring (bicyclic) bond motifs is 1. The van der Waals surface area contributed by atoms with Gasteiger partial charge in [0, 0.05) is 37.5 Å². The summed E-state index contributed by atoms with van der Waals surface area (Å²) in [5.41, 5.74) is 8.85. The molecule has 1 aromatic carbocycles. The number of rotatable bonds is 6. The maximum absolute atomic E-state index is 12.6. The standard InChI is InChI=1S/C22H24N4O2/c23-22(28)18-5-3-4-16(13-18)12-17-9-11-26(14-17)21(27)8-7-19-15-25-10-2-1-6-20(25)24-19/h1-6,10,13,15,17H,7-9,11-12,14H2,(H2,23,28)/t17-/m0/s1. The van der Waals surface area contributed by atoms with E-state index in [0.717, 1.165) is 42.8 Å². The van der Waals surface area contributed by atoms with E-state index < -0.39 is 5.91 Å². The fourth-order valence-corrected chi connectivity index (χ4v) is 3.91. The topological polar surface area (TPSA) is 80.7 Å². The van der Waals surface area contributed by atoms with E-state index in [-0.39, 0.29) is 5.91 Å². The number of likely N-dealkylation sites (tertiary alicyclic amines) is 1. The molecule has 0 aliphatic carbocycles. The van der Waals surface area contributed by atoms with Gasteiger partial charge in [0.05, 0.1) is 5.69 Å². The van der Waals surface area contributed by atoms with E-state index in [0.29, 0.717) is 24.3 Å². The van der Waals surface area contributed by atoms with E-state index in [1.807, 2.05) is 58.1 Å². The van der Waals surface area contributed by atoms with Crippen LogP contribution in [-0.4, -0.2) is 39.2 Å². The molecule has 0 saturated carbocycles. The molecule has 1 saturated heterocycles. The van der Waals surface area contributed by atoms with Gasteiger partial charge in [-0.25, -0.2) is 4.98 Å². The number of hydrogen-bond donors (Lipinski definition) is 1. The first-order valence-corrected chi connectivity index (χ1v) is 9.67. The van der Waals surface area contributed by atoms with Crippen LogP contribution in [0.4, 0.5) is 0 Å². The fourth-order valence-electron chi connectivity index (χ4n) is 3.91. The first-order chi connectivity index (χ1) is 13.6. The molecule has 2 N–H and O–H groups in total. The lowest BCUT2D eigenvalue weighted by molar-refractivity contribution is -0.130. The second-order valence-electron chi connectivity index (χ2n) is 7.46. The minimum absolute atomic E-state index is 0.186. The number of nitrogens with two attached hydrogens (primary N) is 1. The van der Waals surface area contributed by atoms with Gasteiger partial charge < -0.3 is 15.0 Å². The van der Waals surface area contributed by atoms with E-state index in [1.54, 1.807) is 6.07 Å². The van der Waals surface area contributed by atoms with Gasteiger partial charge in [-0.05, 0) is 55.0 Å². The Kier molecular flexibility index (Phi) is 5.10. The van der Waals surface area contributed by atoms with Gasteiger partial charge in [0.15, 0.2) is 0 Å². The number of aromatic nitrogens is 2. The Labute approximate surface area is 164 Å². The average molecular weight is 376 g/mol. The number of hydrogen-bond acceptors (Lipinski definition) is 3. The summed E-state index contributed by atoms with van der Waals surface area (Å²) in [5.74, 6) is 0.199. The molecule has 3 aromatic rings. The van der Waals surface area contributed by atoms with Crippen molar-refractivity contribution in [2.45, 2.75) is 25.7 Å². The zero-order valence-electron chi connectivity index (χ0n) is 15.8. The summed E-state index contributed by atoms with van der Waals surface area (Å²) in [6.45, 7) is 1.56. The highest BCUT2D eigenvalue weighted by atomic mass is 16.2. The van der Waals surface area contributed by atoms with Crippen LogP contribution in [0.5, 0.6) is 0 Å². The average Bonchev–Trinajstić information content (AvgIpc) is 3.33. The Morgan fingerprint density at radius 2 is 2.07 bits per heavy atom. The number of carbonyl (C=O) groups excluding carboxylic acids is 2. The van der Waals surface area contributed by atoms with Crippen molar-refractivity contribution in [3.63, 3.8) is 0 Å². The molecule has 3 heterocycles. The lowest BCUT2D eigenvalue weighted by Crippen LogP contribution is -2.29. The molecule has 0 radical (unpaired) electrons. The van der Waals surface area contributed by atoms with Crippen LogP contribution in [-0.2, 0) is 17.6 Å². The summed E-state index contributed by atoms with van der Waals surface area (Å²) < 4.78 is 1.98. The number of carbonyl (C=O) groups is 2. The van der Waals surface area contributed by atoms with E-state index in [4.69, 9.17) is 5.73 Å². The molecule has 2 aromatic heterocycles. The fraction of sp³-hybridized carbons (Fsp3) is 0.318. The van der Waals surface area contributed by atoms with Crippen molar-refractivity contribution in [2.75, 3.05) is 13.1 Å². The first-order valence-electron chi connectivity index (χ1n) is 9.67.